The van der Waals surface area contributed by atoms with Crippen molar-refractivity contribution in [3.8, 4) is 5.75 Å². The van der Waals surface area contributed by atoms with Gasteiger partial charge in [0.05, 0.1) is 19.8 Å². The van der Waals surface area contributed by atoms with E-state index < -0.39 is 8.32 Å². The van der Waals surface area contributed by atoms with Crippen LogP contribution in [0, 0.1) is 24.2 Å². The molecule has 0 aliphatic heterocycles. The van der Waals surface area contributed by atoms with Crippen molar-refractivity contribution in [3.63, 3.8) is 0 Å². The summed E-state index contributed by atoms with van der Waals surface area (Å²) in [5.41, 5.74) is 1.63. The first-order valence-electron chi connectivity index (χ1n) is 12.6. The van der Waals surface area contributed by atoms with Crippen LogP contribution >= 0.6 is 0 Å². The summed E-state index contributed by atoms with van der Waals surface area (Å²) >= 11 is 0. The van der Waals surface area contributed by atoms with E-state index in [1.807, 2.05) is 13.0 Å². The van der Waals surface area contributed by atoms with Gasteiger partial charge in [0.15, 0.2) is 14.1 Å². The fourth-order valence-electron chi connectivity index (χ4n) is 5.29. The van der Waals surface area contributed by atoms with Gasteiger partial charge in [0.2, 0.25) is 5.43 Å². The Morgan fingerprint density at radius 2 is 1.82 bits per heavy atom. The van der Waals surface area contributed by atoms with Gasteiger partial charge in [-0.15, -0.1) is 0 Å². The van der Waals surface area contributed by atoms with Gasteiger partial charge in [-0.1, -0.05) is 53.7 Å². The highest BCUT2D eigenvalue weighted by molar-refractivity contribution is 6.74. The van der Waals surface area contributed by atoms with Crippen LogP contribution in [0.15, 0.2) is 23.0 Å². The van der Waals surface area contributed by atoms with Crippen LogP contribution in [0.2, 0.25) is 18.1 Å². The Labute approximate surface area is 208 Å². The second kappa shape index (κ2) is 11.2. The van der Waals surface area contributed by atoms with E-state index in [0.29, 0.717) is 24.2 Å². The van der Waals surface area contributed by atoms with Crippen molar-refractivity contribution < 1.29 is 18.6 Å². The molecule has 0 amide bonds. The lowest BCUT2D eigenvalue weighted by Crippen LogP contribution is -2.48. The number of hydrogen-bond donors (Lipinski definition) is 0. The third kappa shape index (κ3) is 5.94. The van der Waals surface area contributed by atoms with Gasteiger partial charge in [-0.3, -0.25) is 4.79 Å². The average Bonchev–Trinajstić information content (AvgIpc) is 3.03. The van der Waals surface area contributed by atoms with E-state index in [1.54, 1.807) is 20.3 Å². The summed E-state index contributed by atoms with van der Waals surface area (Å²) in [5, 5.41) is 0.118. The van der Waals surface area contributed by atoms with Crippen LogP contribution in [0.5, 0.6) is 5.75 Å². The van der Waals surface area contributed by atoms with Gasteiger partial charge < -0.3 is 18.6 Å². The molecular formula is C28H48O5Si. The molecule has 0 spiro atoms. The normalized spacial score (nSPS) is 24.5. The molecule has 0 heterocycles. The van der Waals surface area contributed by atoms with E-state index in [-0.39, 0.29) is 34.7 Å². The Morgan fingerprint density at radius 3 is 2.35 bits per heavy atom. The summed E-state index contributed by atoms with van der Waals surface area (Å²) in [6, 6.07) is 5.84. The van der Waals surface area contributed by atoms with Crippen molar-refractivity contribution in [3.05, 3.63) is 39.5 Å². The minimum atomic E-state index is -1.96. The first-order valence-corrected chi connectivity index (χ1v) is 15.5. The van der Waals surface area contributed by atoms with Crippen molar-refractivity contribution in [2.24, 2.45) is 17.3 Å². The maximum Gasteiger partial charge on any atom is 0.223 e. The molecule has 1 aromatic carbocycles. The Hall–Kier alpha value is -1.21. The van der Waals surface area contributed by atoms with Crippen LogP contribution in [0.4, 0.5) is 0 Å². The van der Waals surface area contributed by atoms with E-state index in [0.717, 1.165) is 24.0 Å². The number of rotatable bonds is 10. The first kappa shape index (κ1) is 29.0. The fraction of sp³-hybridized carbons (Fsp3) is 0.750. The van der Waals surface area contributed by atoms with Gasteiger partial charge in [0, 0.05) is 18.1 Å². The lowest BCUT2D eigenvalue weighted by Gasteiger charge is -2.44. The summed E-state index contributed by atoms with van der Waals surface area (Å²) in [6.45, 7) is 20.9. The Balaban J connectivity index is 2.59. The Bertz CT molecular complexity index is 876. The summed E-state index contributed by atoms with van der Waals surface area (Å²) in [4.78, 5) is 13.2. The van der Waals surface area contributed by atoms with Gasteiger partial charge in [0.25, 0.3) is 0 Å². The van der Waals surface area contributed by atoms with Crippen molar-refractivity contribution in [2.45, 2.75) is 91.5 Å². The molecule has 0 aromatic heterocycles. The quantitative estimate of drug-likeness (QED) is 0.274. The zero-order valence-corrected chi connectivity index (χ0v) is 24.4. The van der Waals surface area contributed by atoms with E-state index in [9.17, 15) is 4.79 Å². The molecule has 1 fully saturated rings. The molecule has 0 unspecified atom stereocenters. The third-order valence-corrected chi connectivity index (χ3v) is 13.1. The molecule has 194 valence electrons. The van der Waals surface area contributed by atoms with Crippen LogP contribution < -0.4 is 10.2 Å². The second-order valence-corrected chi connectivity index (χ2v) is 16.9. The van der Waals surface area contributed by atoms with Gasteiger partial charge >= 0.3 is 0 Å². The highest BCUT2D eigenvalue weighted by Crippen LogP contribution is 2.58. The molecule has 2 rings (SSSR count). The molecule has 0 N–H and O–H groups in total. The zero-order valence-electron chi connectivity index (χ0n) is 23.4. The highest BCUT2D eigenvalue weighted by atomic mass is 28.4. The van der Waals surface area contributed by atoms with Crippen LogP contribution in [0.3, 0.4) is 0 Å². The zero-order chi connectivity index (χ0) is 25.9. The molecule has 0 saturated heterocycles. The maximum atomic E-state index is 13.2. The predicted octanol–water partition coefficient (Wildman–Crippen LogP) is 6.53. The lowest BCUT2D eigenvalue weighted by molar-refractivity contribution is -0.133. The standard InChI is InChI=1S/C28H48O5Si/c1-19(2)21-15-16-28(7,24(32-18-30-8)17-33-34(10,11)27(4,5)6)25(21)22-13-12-14-23(31-9)26(29)20(22)3/h12-14,19,21,24-25H,15-18H2,1-11H3/t21-,24+,25-,28+/m1/s1. The number of ether oxygens (including phenoxy) is 3. The van der Waals surface area contributed by atoms with Gasteiger partial charge in [-0.2, -0.15) is 0 Å². The third-order valence-electron chi connectivity index (χ3n) is 8.61. The summed E-state index contributed by atoms with van der Waals surface area (Å²) < 4.78 is 23.8. The topological polar surface area (TPSA) is 54.0 Å². The van der Waals surface area contributed by atoms with Crippen molar-refractivity contribution in [1.29, 1.82) is 0 Å². The largest absolute Gasteiger partial charge is 0.493 e. The molecule has 1 aliphatic carbocycles. The van der Waals surface area contributed by atoms with E-state index >= 15 is 0 Å². The summed E-state index contributed by atoms with van der Waals surface area (Å²) in [5.74, 6) is 1.48. The van der Waals surface area contributed by atoms with Gasteiger partial charge in [0.1, 0.15) is 6.79 Å². The van der Waals surface area contributed by atoms with Crippen molar-refractivity contribution in [1.82, 2.24) is 0 Å². The minimum absolute atomic E-state index is 0.0360. The fourth-order valence-corrected chi connectivity index (χ4v) is 6.29. The summed E-state index contributed by atoms with van der Waals surface area (Å²) in [7, 11) is 1.25. The highest BCUT2D eigenvalue weighted by Gasteiger charge is 2.53. The van der Waals surface area contributed by atoms with Gasteiger partial charge in [-0.05, 0) is 67.3 Å². The predicted molar refractivity (Wildman–Crippen MR) is 142 cm³/mol. The molecular weight excluding hydrogens is 444 g/mol. The number of hydrogen-bond acceptors (Lipinski definition) is 5. The van der Waals surface area contributed by atoms with Crippen molar-refractivity contribution in [2.75, 3.05) is 27.6 Å². The van der Waals surface area contributed by atoms with E-state index in [1.165, 1.54) is 0 Å². The molecule has 1 aromatic rings. The first-order chi connectivity index (χ1) is 15.7. The molecule has 5 nitrogen and oxygen atoms in total. The molecule has 34 heavy (non-hydrogen) atoms. The van der Waals surface area contributed by atoms with Gasteiger partial charge in [-0.25, -0.2) is 0 Å². The monoisotopic (exact) mass is 492 g/mol. The molecule has 0 radical (unpaired) electrons. The number of methoxy groups -OCH3 is 2. The van der Waals surface area contributed by atoms with Crippen LogP contribution in [0.1, 0.15) is 71.4 Å². The van der Waals surface area contributed by atoms with Crippen molar-refractivity contribution >= 4 is 8.32 Å². The minimum Gasteiger partial charge on any atom is -0.493 e. The average molecular weight is 493 g/mol. The molecule has 1 saturated carbocycles. The molecule has 1 aliphatic rings. The molecule has 0 bridgehead atoms. The van der Waals surface area contributed by atoms with Crippen LogP contribution in [-0.4, -0.2) is 42.0 Å². The Kier molecular flexibility index (Phi) is 9.59. The smallest absolute Gasteiger partial charge is 0.223 e. The Morgan fingerprint density at radius 1 is 1.18 bits per heavy atom. The molecule has 4 atom stereocenters. The van der Waals surface area contributed by atoms with E-state index in [4.69, 9.17) is 18.6 Å². The van der Waals surface area contributed by atoms with Crippen LogP contribution in [0.25, 0.3) is 0 Å². The van der Waals surface area contributed by atoms with E-state index in [2.05, 4.69) is 60.7 Å². The molecule has 6 heteroatoms. The van der Waals surface area contributed by atoms with Crippen LogP contribution in [-0.2, 0) is 13.9 Å². The lowest BCUT2D eigenvalue weighted by atomic mass is 9.67. The maximum absolute atomic E-state index is 13.2. The SMILES string of the molecule is COCO[C@@H](CO[Si](C)(C)C(C)(C)C)[C@]1(C)CC[C@H](C(C)C)[C@@H]1c1cccc(OC)c(=O)c1C. The summed E-state index contributed by atoms with van der Waals surface area (Å²) in [6.07, 6.45) is 1.96. The second-order valence-electron chi connectivity index (χ2n) is 12.1.